The Labute approximate surface area is 114 Å². The molecule has 1 aromatic carbocycles. The van der Waals surface area contributed by atoms with Crippen molar-refractivity contribution in [3.8, 4) is 0 Å². The summed E-state index contributed by atoms with van der Waals surface area (Å²) >= 11 is 0. The molecule has 2 aromatic rings. The van der Waals surface area contributed by atoms with Crippen molar-refractivity contribution in [1.82, 2.24) is 4.98 Å². The van der Waals surface area contributed by atoms with Crippen LogP contribution in [0.2, 0.25) is 0 Å². The van der Waals surface area contributed by atoms with Crippen LogP contribution in [0.15, 0.2) is 18.2 Å². The summed E-state index contributed by atoms with van der Waals surface area (Å²) in [5.41, 5.74) is 1.16. The van der Waals surface area contributed by atoms with Gasteiger partial charge >= 0.3 is 11.9 Å². The zero-order chi connectivity index (χ0) is 14.9. The zero-order valence-electron chi connectivity index (χ0n) is 11.3. The van der Waals surface area contributed by atoms with Gasteiger partial charge in [0.2, 0.25) is 0 Å². The van der Waals surface area contributed by atoms with E-state index in [4.69, 9.17) is 0 Å². The molecule has 1 heterocycles. The van der Waals surface area contributed by atoms with Crippen molar-refractivity contribution in [3.63, 3.8) is 0 Å². The summed E-state index contributed by atoms with van der Waals surface area (Å²) in [6.07, 6.45) is 0. The molecule has 0 fully saturated rings. The average molecular weight is 275 g/mol. The first-order valence-electron chi connectivity index (χ1n) is 5.82. The quantitative estimate of drug-likeness (QED) is 0.683. The maximum Gasteiger partial charge on any atom is 0.338 e. The number of esters is 2. The molecular weight excluding hydrogens is 262 g/mol. The number of nitrogens with one attached hydrogen (secondary N) is 1. The van der Waals surface area contributed by atoms with Crippen molar-refractivity contribution < 1.29 is 23.9 Å². The van der Waals surface area contributed by atoms with Crippen LogP contribution in [0.1, 0.15) is 38.1 Å². The number of H-pyrrole nitrogens is 1. The maximum absolute atomic E-state index is 11.7. The lowest BCUT2D eigenvalue weighted by Crippen LogP contribution is -2.11. The van der Waals surface area contributed by atoms with Gasteiger partial charge in [-0.3, -0.25) is 4.79 Å². The molecule has 0 amide bonds. The summed E-state index contributed by atoms with van der Waals surface area (Å²) in [6.45, 7) is 1.42. The van der Waals surface area contributed by atoms with Crippen LogP contribution in [0.25, 0.3) is 10.9 Å². The highest BCUT2D eigenvalue weighted by Gasteiger charge is 2.20. The molecule has 0 radical (unpaired) electrons. The lowest BCUT2D eigenvalue weighted by atomic mass is 10.0. The SMILES string of the molecule is COC(=O)c1cc2cc(C(C)=O)[nH]c2cc1C(=O)OC. The Hall–Kier alpha value is -2.63. The number of benzene rings is 1. The van der Waals surface area contributed by atoms with Crippen molar-refractivity contribution >= 4 is 28.6 Å². The minimum Gasteiger partial charge on any atom is -0.465 e. The van der Waals surface area contributed by atoms with Gasteiger partial charge in [-0.05, 0) is 18.2 Å². The zero-order valence-corrected chi connectivity index (χ0v) is 11.3. The third-order valence-electron chi connectivity index (χ3n) is 2.95. The molecule has 6 nitrogen and oxygen atoms in total. The van der Waals surface area contributed by atoms with Crippen LogP contribution in [0.5, 0.6) is 0 Å². The van der Waals surface area contributed by atoms with Gasteiger partial charge in [0.25, 0.3) is 0 Å². The van der Waals surface area contributed by atoms with Crippen LogP contribution in [-0.2, 0) is 9.47 Å². The van der Waals surface area contributed by atoms with E-state index in [-0.39, 0.29) is 16.9 Å². The van der Waals surface area contributed by atoms with Gasteiger partial charge in [0, 0.05) is 17.8 Å². The van der Waals surface area contributed by atoms with Crippen LogP contribution in [0.3, 0.4) is 0 Å². The number of carbonyl (C=O) groups is 3. The summed E-state index contributed by atoms with van der Waals surface area (Å²) in [5.74, 6) is -1.43. The molecule has 2 rings (SSSR count). The molecule has 104 valence electrons. The molecule has 1 aromatic heterocycles. The van der Waals surface area contributed by atoms with E-state index in [0.29, 0.717) is 16.6 Å². The predicted molar refractivity (Wildman–Crippen MR) is 71.0 cm³/mol. The third kappa shape index (κ3) is 2.27. The minimum atomic E-state index is -0.647. The van der Waals surface area contributed by atoms with Crippen molar-refractivity contribution in [3.05, 3.63) is 35.0 Å². The van der Waals surface area contributed by atoms with Crippen molar-refractivity contribution in [2.24, 2.45) is 0 Å². The second-order valence-corrected chi connectivity index (χ2v) is 4.21. The highest BCUT2D eigenvalue weighted by Crippen LogP contribution is 2.22. The fraction of sp³-hybridized carbons (Fsp3) is 0.214. The van der Waals surface area contributed by atoms with Gasteiger partial charge in [-0.2, -0.15) is 0 Å². The van der Waals surface area contributed by atoms with E-state index in [0.717, 1.165) is 0 Å². The maximum atomic E-state index is 11.7. The second kappa shape index (κ2) is 5.16. The van der Waals surface area contributed by atoms with Gasteiger partial charge in [-0.15, -0.1) is 0 Å². The van der Waals surface area contributed by atoms with E-state index in [1.807, 2.05) is 0 Å². The van der Waals surface area contributed by atoms with Gasteiger partial charge in [-0.1, -0.05) is 0 Å². The van der Waals surface area contributed by atoms with E-state index in [9.17, 15) is 14.4 Å². The lowest BCUT2D eigenvalue weighted by molar-refractivity contribution is 0.0555. The molecular formula is C14H13NO5. The number of hydrogen-bond acceptors (Lipinski definition) is 5. The lowest BCUT2D eigenvalue weighted by Gasteiger charge is -2.06. The largest absolute Gasteiger partial charge is 0.465 e. The Morgan fingerprint density at radius 2 is 1.50 bits per heavy atom. The topological polar surface area (TPSA) is 85.5 Å². The molecule has 0 bridgehead atoms. The Morgan fingerprint density at radius 3 is 2.00 bits per heavy atom. The highest BCUT2D eigenvalue weighted by molar-refractivity contribution is 6.08. The smallest absolute Gasteiger partial charge is 0.338 e. The number of Topliss-reactive ketones (excluding diaryl/α,β-unsaturated/α-hetero) is 1. The van der Waals surface area contributed by atoms with E-state index in [2.05, 4.69) is 14.5 Å². The summed E-state index contributed by atoms with van der Waals surface area (Å²) in [5, 5.41) is 0.642. The Kier molecular flexibility index (Phi) is 3.56. The van der Waals surface area contributed by atoms with Crippen LogP contribution in [0.4, 0.5) is 0 Å². The Bertz CT molecular complexity index is 661. The molecule has 6 heteroatoms. The van der Waals surface area contributed by atoms with Crippen LogP contribution < -0.4 is 0 Å². The minimum absolute atomic E-state index is 0.0869. The standard InChI is InChI=1S/C14H13NO5/c1-7(16)11-5-8-4-9(13(17)19-2)10(14(18)20-3)6-12(8)15-11/h4-6,15H,1-3H3. The van der Waals surface area contributed by atoms with Crippen LogP contribution in [-0.4, -0.2) is 36.9 Å². The molecule has 20 heavy (non-hydrogen) atoms. The number of methoxy groups -OCH3 is 2. The van der Waals surface area contributed by atoms with Crippen molar-refractivity contribution in [2.75, 3.05) is 14.2 Å². The fourth-order valence-corrected chi connectivity index (χ4v) is 1.93. The number of aromatic amines is 1. The molecule has 0 atom stereocenters. The summed E-state index contributed by atoms with van der Waals surface area (Å²) in [4.78, 5) is 37.7. The summed E-state index contributed by atoms with van der Waals surface area (Å²) in [6, 6.07) is 4.58. The summed E-state index contributed by atoms with van der Waals surface area (Å²) < 4.78 is 9.30. The van der Waals surface area contributed by atoms with E-state index in [1.54, 1.807) is 6.07 Å². The third-order valence-corrected chi connectivity index (χ3v) is 2.95. The van der Waals surface area contributed by atoms with E-state index < -0.39 is 11.9 Å². The highest BCUT2D eigenvalue weighted by atomic mass is 16.5. The predicted octanol–water partition coefficient (Wildman–Crippen LogP) is 1.94. The van der Waals surface area contributed by atoms with E-state index >= 15 is 0 Å². The van der Waals surface area contributed by atoms with Gasteiger partial charge < -0.3 is 14.5 Å². The normalized spacial score (nSPS) is 10.3. The van der Waals surface area contributed by atoms with Gasteiger partial charge in [0.15, 0.2) is 5.78 Å². The van der Waals surface area contributed by atoms with Gasteiger partial charge in [0.1, 0.15) is 0 Å². The molecule has 0 unspecified atom stereocenters. The number of fused-ring (bicyclic) bond motifs is 1. The molecule has 0 saturated heterocycles. The first kappa shape index (κ1) is 13.8. The van der Waals surface area contributed by atoms with Gasteiger partial charge in [-0.25, -0.2) is 9.59 Å². The number of rotatable bonds is 3. The van der Waals surface area contributed by atoms with Crippen molar-refractivity contribution in [1.29, 1.82) is 0 Å². The molecule has 0 saturated carbocycles. The number of carbonyl (C=O) groups excluding carboxylic acids is 3. The van der Waals surface area contributed by atoms with Crippen LogP contribution >= 0.6 is 0 Å². The molecule has 1 N–H and O–H groups in total. The van der Waals surface area contributed by atoms with Gasteiger partial charge in [0.05, 0.1) is 31.0 Å². The molecule has 0 aliphatic rings. The Balaban J connectivity index is 2.71. The first-order valence-corrected chi connectivity index (χ1v) is 5.82. The monoisotopic (exact) mass is 275 g/mol. The first-order chi connectivity index (χ1) is 9.47. The number of aromatic nitrogens is 1. The Morgan fingerprint density at radius 1 is 0.950 bits per heavy atom. The number of hydrogen-bond donors (Lipinski definition) is 1. The summed E-state index contributed by atoms with van der Waals surface area (Å²) in [7, 11) is 2.45. The molecule has 0 aliphatic heterocycles. The van der Waals surface area contributed by atoms with Crippen LogP contribution in [0, 0.1) is 0 Å². The van der Waals surface area contributed by atoms with E-state index in [1.165, 1.54) is 33.3 Å². The average Bonchev–Trinajstić information content (AvgIpc) is 2.87. The fourth-order valence-electron chi connectivity index (χ4n) is 1.93. The number of ether oxygens (including phenoxy) is 2. The molecule has 0 spiro atoms. The van der Waals surface area contributed by atoms with Crippen molar-refractivity contribution in [2.45, 2.75) is 6.92 Å². The number of ketones is 1. The second-order valence-electron chi connectivity index (χ2n) is 4.21. The molecule has 0 aliphatic carbocycles.